The average Bonchev–Trinajstić information content (AvgIpc) is 4.05. The van der Waals surface area contributed by atoms with Crippen LogP contribution in [0.3, 0.4) is 0 Å². The number of fused-ring (bicyclic) bond motifs is 4. The van der Waals surface area contributed by atoms with E-state index in [1.54, 1.807) is 22.3 Å². The van der Waals surface area contributed by atoms with Gasteiger partial charge in [0, 0.05) is 65.0 Å². The Labute approximate surface area is 343 Å². The SMILES string of the molecule is Cc1c(C#Cc2cnn(CCCCn3cnc(CNc4cccc5c4CN(C4CCC(O)NC4=O)C5=O)c3)c2)sc2c1C(c1ccc(Cl)cc1)=NCc1nnc(C)n1-2. The maximum atomic E-state index is 13.2. The molecule has 0 spiro atoms. The predicted octanol–water partition coefficient (Wildman–Crippen LogP) is 5.39. The lowest BCUT2D eigenvalue weighted by Crippen LogP contribution is -2.54. The number of aromatic nitrogens is 7. The molecule has 1 fully saturated rings. The standard InChI is InChI=1S/C42H40ClN11O3S/c1-25-35(58-42-38(25)39(28-9-11-29(43)12-10-28)45-20-36-50-49-26(2)54(36)42)14-8-27-18-47-52(21-27)17-4-3-16-51-22-30(46-24-51)19-44-33-7-5-6-31-32(33)23-53(41(31)57)34-13-15-37(55)48-40(34)56/h5-7,9-12,18,21-22,24,34,37,44,55H,3-4,13,15-17,19-20,23H2,1-2H3,(H,48,56). The summed E-state index contributed by atoms with van der Waals surface area (Å²) < 4.78 is 6.12. The Morgan fingerprint density at radius 3 is 2.72 bits per heavy atom. The molecule has 0 saturated carbocycles. The summed E-state index contributed by atoms with van der Waals surface area (Å²) in [6.45, 7) is 6.91. The fourth-order valence-corrected chi connectivity index (χ4v) is 9.16. The summed E-state index contributed by atoms with van der Waals surface area (Å²) in [6, 6.07) is 12.8. The molecule has 1 saturated heterocycles. The summed E-state index contributed by atoms with van der Waals surface area (Å²) in [6.07, 6.45) is 9.55. The van der Waals surface area contributed by atoms with E-state index in [0.717, 1.165) is 92.4 Å². The number of piperidine rings is 1. The van der Waals surface area contributed by atoms with Crippen molar-refractivity contribution in [2.45, 2.75) is 84.5 Å². The second-order valence-electron chi connectivity index (χ2n) is 14.7. The van der Waals surface area contributed by atoms with Crippen LogP contribution in [-0.4, -0.2) is 73.9 Å². The molecular weight excluding hydrogens is 774 g/mol. The number of carbonyl (C=O) groups is 2. The highest BCUT2D eigenvalue weighted by molar-refractivity contribution is 7.15. The molecule has 3 aliphatic heterocycles. The molecule has 0 bridgehead atoms. The number of rotatable bonds is 10. The molecule has 9 rings (SSSR count). The second-order valence-corrected chi connectivity index (χ2v) is 16.1. The molecule has 3 N–H and O–H groups in total. The van der Waals surface area contributed by atoms with Gasteiger partial charge in [0.1, 0.15) is 29.6 Å². The molecular formula is C42H40ClN11O3S. The Hall–Kier alpha value is -6.08. The topological polar surface area (TPSA) is 160 Å². The van der Waals surface area contributed by atoms with Gasteiger partial charge in [-0.05, 0) is 69.4 Å². The Kier molecular flexibility index (Phi) is 10.1. The number of aryl methyl sites for hydroxylation is 3. The van der Waals surface area contributed by atoms with Crippen LogP contribution in [0.2, 0.25) is 5.02 Å². The van der Waals surface area contributed by atoms with Gasteiger partial charge in [0.15, 0.2) is 5.82 Å². The highest BCUT2D eigenvalue weighted by Gasteiger charge is 2.40. The van der Waals surface area contributed by atoms with Gasteiger partial charge in [0.25, 0.3) is 5.91 Å². The first-order valence-corrected chi connectivity index (χ1v) is 20.5. The smallest absolute Gasteiger partial charge is 0.255 e. The maximum Gasteiger partial charge on any atom is 0.255 e. The number of hydrogen-bond donors (Lipinski definition) is 3. The number of imidazole rings is 1. The highest BCUT2D eigenvalue weighted by Crippen LogP contribution is 2.37. The number of nitrogens with zero attached hydrogens (tertiary/aromatic N) is 9. The molecule has 7 heterocycles. The minimum atomic E-state index is -0.861. The molecule has 14 nitrogen and oxygen atoms in total. The number of hydrogen-bond acceptors (Lipinski definition) is 10. The van der Waals surface area contributed by atoms with Crippen molar-refractivity contribution in [2.24, 2.45) is 4.99 Å². The number of halogens is 1. The molecule has 2 unspecified atom stereocenters. The van der Waals surface area contributed by atoms with Gasteiger partial charge in [0.2, 0.25) is 5.91 Å². The lowest BCUT2D eigenvalue weighted by atomic mass is 10.00. The van der Waals surface area contributed by atoms with Crippen LogP contribution < -0.4 is 10.6 Å². The van der Waals surface area contributed by atoms with Crippen molar-refractivity contribution in [3.8, 4) is 16.8 Å². The average molecular weight is 814 g/mol. The number of aliphatic imine (C=N–C) groups is 1. The number of nitrogens with one attached hydrogen (secondary N) is 2. The van der Waals surface area contributed by atoms with Crippen LogP contribution in [0.1, 0.15) is 86.1 Å². The van der Waals surface area contributed by atoms with Gasteiger partial charge in [-0.3, -0.25) is 23.8 Å². The van der Waals surface area contributed by atoms with Crippen molar-refractivity contribution < 1.29 is 14.7 Å². The van der Waals surface area contributed by atoms with Gasteiger partial charge >= 0.3 is 0 Å². The number of anilines is 1. The molecule has 2 atom stereocenters. The summed E-state index contributed by atoms with van der Waals surface area (Å²) in [5, 5.41) is 30.8. The van der Waals surface area contributed by atoms with E-state index < -0.39 is 12.3 Å². The molecule has 3 aliphatic rings. The van der Waals surface area contributed by atoms with Crippen LogP contribution in [0.4, 0.5) is 5.69 Å². The van der Waals surface area contributed by atoms with Gasteiger partial charge in [0.05, 0.1) is 40.9 Å². The fourth-order valence-electron chi connectivity index (χ4n) is 7.80. The summed E-state index contributed by atoms with van der Waals surface area (Å²) in [7, 11) is 0. The molecule has 4 aromatic heterocycles. The molecule has 6 aromatic rings. The fraction of sp³-hybridized carbons (Fsp3) is 0.310. The predicted molar refractivity (Wildman–Crippen MR) is 220 cm³/mol. The molecule has 294 valence electrons. The first-order valence-electron chi connectivity index (χ1n) is 19.3. The van der Waals surface area contributed by atoms with Crippen LogP contribution in [0.5, 0.6) is 0 Å². The number of unbranched alkanes of at least 4 members (excludes halogenated alkanes) is 1. The number of carbonyl (C=O) groups excluding carboxylic acids is 2. The minimum absolute atomic E-state index is 0.163. The lowest BCUT2D eigenvalue weighted by molar-refractivity contribution is -0.132. The first-order chi connectivity index (χ1) is 28.2. The van der Waals surface area contributed by atoms with E-state index in [9.17, 15) is 14.7 Å². The van der Waals surface area contributed by atoms with Crippen molar-refractivity contribution >= 4 is 46.2 Å². The molecule has 16 heteroatoms. The second kappa shape index (κ2) is 15.7. The van der Waals surface area contributed by atoms with Crippen LogP contribution in [0.15, 0.2) is 72.4 Å². The van der Waals surface area contributed by atoms with E-state index in [1.165, 1.54) is 0 Å². The number of aliphatic hydroxyl groups excluding tert-OH is 1. The van der Waals surface area contributed by atoms with E-state index in [1.807, 2.05) is 72.9 Å². The normalized spacial score (nSPS) is 17.2. The highest BCUT2D eigenvalue weighted by atomic mass is 35.5. The molecule has 0 radical (unpaired) electrons. The third kappa shape index (κ3) is 7.30. The zero-order chi connectivity index (χ0) is 39.9. The van der Waals surface area contributed by atoms with Crippen molar-refractivity contribution in [2.75, 3.05) is 5.32 Å². The minimum Gasteiger partial charge on any atom is -0.379 e. The molecule has 2 aromatic carbocycles. The summed E-state index contributed by atoms with van der Waals surface area (Å²) in [4.78, 5) is 37.9. The quantitative estimate of drug-likeness (QED) is 0.123. The third-order valence-electron chi connectivity index (χ3n) is 10.8. The van der Waals surface area contributed by atoms with Crippen LogP contribution in [0, 0.1) is 25.7 Å². The zero-order valence-electron chi connectivity index (χ0n) is 31.9. The Bertz CT molecular complexity index is 2640. The summed E-state index contributed by atoms with van der Waals surface area (Å²) in [5.74, 6) is 7.88. The Morgan fingerprint density at radius 2 is 1.88 bits per heavy atom. The van der Waals surface area contributed by atoms with Gasteiger partial charge in [-0.25, -0.2) is 4.98 Å². The van der Waals surface area contributed by atoms with Gasteiger partial charge in [-0.15, -0.1) is 21.5 Å². The molecule has 58 heavy (non-hydrogen) atoms. The number of benzene rings is 2. The summed E-state index contributed by atoms with van der Waals surface area (Å²) in [5.41, 5.74) is 8.04. The first kappa shape index (κ1) is 37.5. The van der Waals surface area contributed by atoms with Crippen molar-refractivity contribution in [3.63, 3.8) is 0 Å². The number of thiophene rings is 1. The van der Waals surface area contributed by atoms with Crippen molar-refractivity contribution in [1.82, 2.24) is 44.3 Å². The van der Waals surface area contributed by atoms with Gasteiger partial charge < -0.3 is 25.2 Å². The molecule has 0 aliphatic carbocycles. The van der Waals surface area contributed by atoms with E-state index in [4.69, 9.17) is 16.6 Å². The van der Waals surface area contributed by atoms with Crippen LogP contribution >= 0.6 is 22.9 Å². The number of amides is 2. The van der Waals surface area contributed by atoms with E-state index in [2.05, 4.69) is 58.8 Å². The van der Waals surface area contributed by atoms with E-state index in [-0.39, 0.29) is 11.8 Å². The Balaban J connectivity index is 0.794. The largest absolute Gasteiger partial charge is 0.379 e. The Morgan fingerprint density at radius 1 is 1.03 bits per heavy atom. The number of aliphatic hydroxyl groups is 1. The van der Waals surface area contributed by atoms with E-state index >= 15 is 0 Å². The molecule has 2 amide bonds. The van der Waals surface area contributed by atoms with Crippen LogP contribution in [-0.2, 0) is 37.5 Å². The summed E-state index contributed by atoms with van der Waals surface area (Å²) >= 11 is 7.84. The van der Waals surface area contributed by atoms with Crippen LogP contribution in [0.25, 0.3) is 5.00 Å². The zero-order valence-corrected chi connectivity index (χ0v) is 33.5. The third-order valence-corrected chi connectivity index (χ3v) is 12.3. The van der Waals surface area contributed by atoms with Crippen molar-refractivity contribution in [1.29, 1.82) is 0 Å². The van der Waals surface area contributed by atoms with Gasteiger partial charge in [-0.1, -0.05) is 41.6 Å². The van der Waals surface area contributed by atoms with E-state index in [0.29, 0.717) is 43.1 Å². The lowest BCUT2D eigenvalue weighted by Gasteiger charge is -2.32. The van der Waals surface area contributed by atoms with Crippen molar-refractivity contribution in [3.05, 3.63) is 128 Å². The maximum absolute atomic E-state index is 13.2. The van der Waals surface area contributed by atoms with Gasteiger partial charge in [-0.2, -0.15) is 5.10 Å². The monoisotopic (exact) mass is 813 g/mol.